The summed E-state index contributed by atoms with van der Waals surface area (Å²) >= 11 is 1.60. The zero-order chi connectivity index (χ0) is 22.6. The van der Waals surface area contributed by atoms with Crippen LogP contribution in [0, 0.1) is 5.82 Å². The number of carbonyl (C=O) groups is 1. The normalized spacial score (nSPS) is 16.0. The van der Waals surface area contributed by atoms with Crippen LogP contribution in [0.5, 0.6) is 0 Å². The highest BCUT2D eigenvalue weighted by Crippen LogP contribution is 2.35. The molecule has 1 aliphatic heterocycles. The number of halogens is 1. The first-order chi connectivity index (χ1) is 16.2. The Kier molecular flexibility index (Phi) is 6.21. The van der Waals surface area contributed by atoms with E-state index in [-0.39, 0.29) is 17.6 Å². The molecular formula is C26H23FN4OS. The molecule has 1 fully saturated rings. The van der Waals surface area contributed by atoms with E-state index in [2.05, 4.69) is 9.97 Å². The fraction of sp³-hybridized carbons (Fsp3) is 0.231. The van der Waals surface area contributed by atoms with Crippen molar-refractivity contribution in [1.82, 2.24) is 19.9 Å². The number of hydrogen-bond donors (Lipinski definition) is 0. The molecule has 1 aliphatic rings. The van der Waals surface area contributed by atoms with E-state index in [1.54, 1.807) is 42.1 Å². The number of pyridine rings is 1. The minimum atomic E-state index is -0.307. The third kappa shape index (κ3) is 4.68. The third-order valence-corrected chi connectivity index (χ3v) is 6.84. The maximum atomic E-state index is 14.7. The Morgan fingerprint density at radius 3 is 2.79 bits per heavy atom. The highest BCUT2D eigenvalue weighted by atomic mass is 32.1. The Hall–Kier alpha value is -3.45. The average molecular weight is 459 g/mol. The molecule has 1 saturated heterocycles. The zero-order valence-electron chi connectivity index (χ0n) is 18.0. The van der Waals surface area contributed by atoms with Gasteiger partial charge in [0.15, 0.2) is 5.82 Å². The second-order valence-corrected chi connectivity index (χ2v) is 9.18. The summed E-state index contributed by atoms with van der Waals surface area (Å²) in [6.07, 6.45) is 7.30. The fourth-order valence-electron chi connectivity index (χ4n) is 4.33. The van der Waals surface area contributed by atoms with Gasteiger partial charge < -0.3 is 4.90 Å². The number of rotatable bonds is 5. The summed E-state index contributed by atoms with van der Waals surface area (Å²) < 4.78 is 14.7. The standard InChI is InChI=1S/C26H23FN4OS/c27-23-10-2-1-9-21(23)22-16-29-26(18-6-3-11-28-15-18)30-25(22)19-7-4-12-31(17-19)24(32)14-20-8-5-13-33-20/h1-3,5-6,8-11,13,15-16,19H,4,7,12,14,17H2/t19-/m1/s1. The maximum absolute atomic E-state index is 14.7. The Bertz CT molecular complexity index is 1250. The van der Waals surface area contributed by atoms with Crippen molar-refractivity contribution in [3.63, 3.8) is 0 Å². The number of carbonyl (C=O) groups excluding carboxylic acids is 1. The SMILES string of the molecule is O=C(Cc1cccs1)N1CCC[C@@H](c2nc(-c3cccnc3)ncc2-c2ccccc2F)C1. The van der Waals surface area contributed by atoms with Gasteiger partial charge in [0.2, 0.25) is 5.91 Å². The van der Waals surface area contributed by atoms with Gasteiger partial charge >= 0.3 is 0 Å². The number of amides is 1. The number of piperidine rings is 1. The molecule has 5 rings (SSSR count). The van der Waals surface area contributed by atoms with Crippen molar-refractivity contribution in [3.05, 3.63) is 88.9 Å². The van der Waals surface area contributed by atoms with Gasteiger partial charge in [-0.3, -0.25) is 9.78 Å². The molecule has 3 aromatic heterocycles. The molecule has 0 aliphatic carbocycles. The highest BCUT2D eigenvalue weighted by Gasteiger charge is 2.29. The predicted octanol–water partition coefficient (Wildman–Crippen LogP) is 5.35. The van der Waals surface area contributed by atoms with Crippen LogP contribution in [-0.2, 0) is 11.2 Å². The third-order valence-electron chi connectivity index (χ3n) is 5.97. The van der Waals surface area contributed by atoms with Gasteiger partial charge in [-0.15, -0.1) is 11.3 Å². The van der Waals surface area contributed by atoms with Gasteiger partial charge in [-0.05, 0) is 42.5 Å². The van der Waals surface area contributed by atoms with Crippen molar-refractivity contribution < 1.29 is 9.18 Å². The quantitative estimate of drug-likeness (QED) is 0.404. The van der Waals surface area contributed by atoms with Gasteiger partial charge in [-0.2, -0.15) is 0 Å². The summed E-state index contributed by atoms with van der Waals surface area (Å²) in [7, 11) is 0. The van der Waals surface area contributed by atoms with Crippen LogP contribution in [0.15, 0.2) is 72.5 Å². The number of aromatic nitrogens is 3. The maximum Gasteiger partial charge on any atom is 0.227 e. The molecule has 0 saturated carbocycles. The van der Waals surface area contributed by atoms with Crippen LogP contribution in [0.25, 0.3) is 22.5 Å². The number of likely N-dealkylation sites (tertiary alicyclic amines) is 1. The molecule has 33 heavy (non-hydrogen) atoms. The summed E-state index contributed by atoms with van der Waals surface area (Å²) in [5.74, 6) is 0.369. The summed E-state index contributed by atoms with van der Waals surface area (Å²) in [5, 5.41) is 1.99. The topological polar surface area (TPSA) is 59.0 Å². The monoisotopic (exact) mass is 458 g/mol. The van der Waals surface area contributed by atoms with Crippen LogP contribution >= 0.6 is 11.3 Å². The molecule has 0 spiro atoms. The molecule has 1 amide bonds. The Morgan fingerprint density at radius 1 is 1.09 bits per heavy atom. The second-order valence-electron chi connectivity index (χ2n) is 8.15. The molecule has 4 heterocycles. The summed E-state index contributed by atoms with van der Waals surface area (Å²) in [5.41, 5.74) is 2.74. The van der Waals surface area contributed by atoms with Crippen LogP contribution in [0.2, 0.25) is 0 Å². The first kappa shape index (κ1) is 21.4. The minimum Gasteiger partial charge on any atom is -0.342 e. The molecule has 166 valence electrons. The second kappa shape index (κ2) is 9.58. The number of thiophene rings is 1. The average Bonchev–Trinajstić information content (AvgIpc) is 3.38. The molecule has 4 aromatic rings. The van der Waals surface area contributed by atoms with Gasteiger partial charge in [-0.1, -0.05) is 24.3 Å². The van der Waals surface area contributed by atoms with Crippen molar-refractivity contribution in [3.8, 4) is 22.5 Å². The Balaban J connectivity index is 1.50. The Morgan fingerprint density at radius 2 is 2.00 bits per heavy atom. The van der Waals surface area contributed by atoms with Gasteiger partial charge in [0, 0.05) is 59.2 Å². The lowest BCUT2D eigenvalue weighted by molar-refractivity contribution is -0.131. The van der Waals surface area contributed by atoms with Crippen LogP contribution in [0.1, 0.15) is 29.3 Å². The van der Waals surface area contributed by atoms with Gasteiger partial charge in [-0.25, -0.2) is 14.4 Å². The molecule has 1 atom stereocenters. The first-order valence-corrected chi connectivity index (χ1v) is 11.9. The highest BCUT2D eigenvalue weighted by molar-refractivity contribution is 7.10. The van der Waals surface area contributed by atoms with E-state index < -0.39 is 0 Å². The molecule has 0 N–H and O–H groups in total. The molecule has 0 bridgehead atoms. The molecular weight excluding hydrogens is 435 g/mol. The lowest BCUT2D eigenvalue weighted by atomic mass is 9.89. The van der Waals surface area contributed by atoms with E-state index in [4.69, 9.17) is 4.98 Å². The number of nitrogens with zero attached hydrogens (tertiary/aromatic N) is 4. The largest absolute Gasteiger partial charge is 0.342 e. The van der Waals surface area contributed by atoms with E-state index in [0.29, 0.717) is 29.9 Å². The van der Waals surface area contributed by atoms with Gasteiger partial charge in [0.05, 0.1) is 12.1 Å². The lowest BCUT2D eigenvalue weighted by Gasteiger charge is -2.33. The van der Waals surface area contributed by atoms with Crippen molar-refractivity contribution >= 4 is 17.2 Å². The number of benzene rings is 1. The molecule has 0 radical (unpaired) electrons. The van der Waals surface area contributed by atoms with Crippen molar-refractivity contribution in [2.24, 2.45) is 0 Å². The molecule has 5 nitrogen and oxygen atoms in total. The van der Waals surface area contributed by atoms with Gasteiger partial charge in [0.25, 0.3) is 0 Å². The van der Waals surface area contributed by atoms with E-state index in [9.17, 15) is 9.18 Å². The predicted molar refractivity (Wildman–Crippen MR) is 127 cm³/mol. The zero-order valence-corrected chi connectivity index (χ0v) is 18.8. The van der Waals surface area contributed by atoms with E-state index in [0.717, 1.165) is 35.5 Å². The molecule has 0 unspecified atom stereocenters. The summed E-state index contributed by atoms with van der Waals surface area (Å²) in [4.78, 5) is 29.6. The van der Waals surface area contributed by atoms with E-state index >= 15 is 0 Å². The summed E-state index contributed by atoms with van der Waals surface area (Å²) in [6.45, 7) is 1.30. The molecule has 1 aromatic carbocycles. The lowest BCUT2D eigenvalue weighted by Crippen LogP contribution is -2.40. The minimum absolute atomic E-state index is 0.000867. The van der Waals surface area contributed by atoms with Crippen LogP contribution in [-0.4, -0.2) is 38.8 Å². The van der Waals surface area contributed by atoms with Crippen LogP contribution < -0.4 is 0 Å². The molecule has 7 heteroatoms. The van der Waals surface area contributed by atoms with Gasteiger partial charge in [0.1, 0.15) is 5.82 Å². The van der Waals surface area contributed by atoms with Crippen molar-refractivity contribution in [1.29, 1.82) is 0 Å². The van der Waals surface area contributed by atoms with E-state index in [1.165, 1.54) is 6.07 Å². The van der Waals surface area contributed by atoms with Crippen LogP contribution in [0.4, 0.5) is 4.39 Å². The van der Waals surface area contributed by atoms with Crippen LogP contribution in [0.3, 0.4) is 0 Å². The summed E-state index contributed by atoms with van der Waals surface area (Å²) in [6, 6.07) is 14.4. The smallest absolute Gasteiger partial charge is 0.227 e. The first-order valence-electron chi connectivity index (χ1n) is 11.0. The fourth-order valence-corrected chi connectivity index (χ4v) is 5.02. The van der Waals surface area contributed by atoms with Crippen molar-refractivity contribution in [2.45, 2.75) is 25.2 Å². The van der Waals surface area contributed by atoms with E-state index in [1.807, 2.05) is 40.6 Å². The Labute approximate surface area is 196 Å². The number of hydrogen-bond acceptors (Lipinski definition) is 5. The van der Waals surface area contributed by atoms with Crippen molar-refractivity contribution in [2.75, 3.05) is 13.1 Å².